The Labute approximate surface area is 147 Å². The van der Waals surface area contributed by atoms with Crippen molar-refractivity contribution in [1.29, 1.82) is 0 Å². The van der Waals surface area contributed by atoms with Crippen molar-refractivity contribution in [3.05, 3.63) is 11.6 Å². The third kappa shape index (κ3) is 2.94. The molecule has 2 aliphatic rings. The van der Waals surface area contributed by atoms with Gasteiger partial charge in [-0.05, 0) is 72.2 Å². The summed E-state index contributed by atoms with van der Waals surface area (Å²) in [5.74, 6) is 0.161. The number of fused-ring (bicyclic) bond motifs is 1. The maximum atomic E-state index is 11.0. The van der Waals surface area contributed by atoms with Gasteiger partial charge in [0.15, 0.2) is 0 Å². The SMILES string of the molecule is C[C@H](CC[C@@]1(C)[C@H](C)CC[C@@]2(C)C(CO)=CCC[C@@]21C)CC(=O)O. The predicted molar refractivity (Wildman–Crippen MR) is 97.8 cm³/mol. The summed E-state index contributed by atoms with van der Waals surface area (Å²) in [6.45, 7) is 11.8. The van der Waals surface area contributed by atoms with Gasteiger partial charge >= 0.3 is 5.97 Å². The number of allylic oxidation sites excluding steroid dienone is 1. The summed E-state index contributed by atoms with van der Waals surface area (Å²) in [6, 6.07) is 0. The van der Waals surface area contributed by atoms with E-state index in [1.54, 1.807) is 0 Å². The van der Waals surface area contributed by atoms with E-state index in [2.05, 4.69) is 40.7 Å². The number of aliphatic hydroxyl groups is 1. The fourth-order valence-corrected chi connectivity index (χ4v) is 5.82. The van der Waals surface area contributed by atoms with Gasteiger partial charge in [0.2, 0.25) is 0 Å². The molecule has 0 aromatic rings. The summed E-state index contributed by atoms with van der Waals surface area (Å²) in [6.07, 6.45) is 9.14. The molecule has 0 spiro atoms. The molecule has 5 atom stereocenters. The minimum Gasteiger partial charge on any atom is -0.481 e. The summed E-state index contributed by atoms with van der Waals surface area (Å²) in [7, 11) is 0. The van der Waals surface area contributed by atoms with E-state index < -0.39 is 5.97 Å². The summed E-state index contributed by atoms with van der Waals surface area (Å²) in [4.78, 5) is 11.0. The lowest BCUT2D eigenvalue weighted by Crippen LogP contribution is -2.58. The molecule has 3 heteroatoms. The van der Waals surface area contributed by atoms with Crippen LogP contribution < -0.4 is 0 Å². The Morgan fingerprint density at radius 3 is 2.58 bits per heavy atom. The summed E-state index contributed by atoms with van der Waals surface area (Å²) in [5, 5.41) is 19.0. The number of carboxylic acids is 1. The van der Waals surface area contributed by atoms with E-state index in [4.69, 9.17) is 5.11 Å². The van der Waals surface area contributed by atoms with Crippen molar-refractivity contribution in [2.45, 2.75) is 79.6 Å². The van der Waals surface area contributed by atoms with E-state index in [1.165, 1.54) is 18.4 Å². The van der Waals surface area contributed by atoms with E-state index in [-0.39, 0.29) is 35.2 Å². The zero-order valence-electron chi connectivity index (χ0n) is 16.2. The molecule has 2 N–H and O–H groups in total. The molecule has 24 heavy (non-hydrogen) atoms. The molecule has 0 radical (unpaired) electrons. The Balaban J connectivity index is 2.29. The molecule has 0 aliphatic heterocycles. The third-order valence-corrected chi connectivity index (χ3v) is 8.24. The maximum Gasteiger partial charge on any atom is 0.303 e. The number of aliphatic carboxylic acids is 1. The van der Waals surface area contributed by atoms with Gasteiger partial charge in [0.1, 0.15) is 0 Å². The van der Waals surface area contributed by atoms with Crippen LogP contribution in [0.15, 0.2) is 11.6 Å². The fourth-order valence-electron chi connectivity index (χ4n) is 5.82. The number of carbonyl (C=O) groups is 1. The Hall–Kier alpha value is -0.830. The van der Waals surface area contributed by atoms with Crippen LogP contribution in [0.3, 0.4) is 0 Å². The number of hydrogen-bond donors (Lipinski definition) is 2. The van der Waals surface area contributed by atoms with E-state index in [0.29, 0.717) is 5.92 Å². The van der Waals surface area contributed by atoms with Gasteiger partial charge in [-0.1, -0.05) is 40.7 Å². The van der Waals surface area contributed by atoms with Crippen molar-refractivity contribution in [2.24, 2.45) is 28.1 Å². The van der Waals surface area contributed by atoms with Crippen LogP contribution in [0.2, 0.25) is 0 Å². The van der Waals surface area contributed by atoms with Crippen LogP contribution in [-0.2, 0) is 4.79 Å². The molecule has 3 nitrogen and oxygen atoms in total. The zero-order chi connectivity index (χ0) is 18.2. The van der Waals surface area contributed by atoms with Crippen molar-refractivity contribution in [2.75, 3.05) is 6.61 Å². The maximum absolute atomic E-state index is 11.0. The molecule has 0 unspecified atom stereocenters. The van der Waals surface area contributed by atoms with Crippen LogP contribution in [-0.4, -0.2) is 22.8 Å². The number of rotatable bonds is 6. The molecule has 2 aliphatic carbocycles. The van der Waals surface area contributed by atoms with Crippen LogP contribution in [0.5, 0.6) is 0 Å². The van der Waals surface area contributed by atoms with Crippen molar-refractivity contribution in [3.63, 3.8) is 0 Å². The second kappa shape index (κ2) is 6.82. The van der Waals surface area contributed by atoms with Crippen LogP contribution in [0.25, 0.3) is 0 Å². The standard InChI is InChI=1S/C21H36O3/c1-15(13-18(23)24)8-11-19(3)16(2)9-12-20(4)17(14-22)7-6-10-21(19,20)5/h7,15-16,22H,6,8-14H2,1-5H3,(H,23,24)/t15-,16-,19+,20+,21-/m1/s1. The van der Waals surface area contributed by atoms with Crippen LogP contribution >= 0.6 is 0 Å². The lowest BCUT2D eigenvalue weighted by molar-refractivity contribution is -0.140. The van der Waals surface area contributed by atoms with E-state index in [1.807, 2.05) is 0 Å². The smallest absolute Gasteiger partial charge is 0.303 e. The number of carboxylic acid groups (broad SMARTS) is 1. The molecule has 1 fully saturated rings. The summed E-state index contributed by atoms with van der Waals surface area (Å²) in [5.41, 5.74) is 1.64. The number of aliphatic hydroxyl groups excluding tert-OH is 1. The number of hydrogen-bond acceptors (Lipinski definition) is 2. The first-order valence-corrected chi connectivity index (χ1v) is 9.63. The molecular formula is C21H36O3. The van der Waals surface area contributed by atoms with Crippen molar-refractivity contribution >= 4 is 5.97 Å². The predicted octanol–water partition coefficient (Wildman–Crippen LogP) is 5.04. The second-order valence-electron chi connectivity index (χ2n) is 9.19. The largest absolute Gasteiger partial charge is 0.481 e. The molecule has 138 valence electrons. The molecule has 0 aromatic heterocycles. The third-order valence-electron chi connectivity index (χ3n) is 8.24. The molecule has 0 heterocycles. The normalized spacial score (nSPS) is 40.6. The highest BCUT2D eigenvalue weighted by Crippen LogP contribution is 2.69. The highest BCUT2D eigenvalue weighted by molar-refractivity contribution is 5.66. The van der Waals surface area contributed by atoms with E-state index in [9.17, 15) is 9.90 Å². The van der Waals surface area contributed by atoms with E-state index >= 15 is 0 Å². The topological polar surface area (TPSA) is 57.5 Å². The van der Waals surface area contributed by atoms with Crippen molar-refractivity contribution in [3.8, 4) is 0 Å². The molecule has 0 bridgehead atoms. The van der Waals surface area contributed by atoms with Gasteiger partial charge in [0.05, 0.1) is 6.61 Å². The van der Waals surface area contributed by atoms with E-state index in [0.717, 1.165) is 25.7 Å². The van der Waals surface area contributed by atoms with Crippen LogP contribution in [0, 0.1) is 28.1 Å². The zero-order valence-corrected chi connectivity index (χ0v) is 16.2. The van der Waals surface area contributed by atoms with Crippen molar-refractivity contribution < 1.29 is 15.0 Å². The average molecular weight is 337 g/mol. The molecule has 0 aromatic carbocycles. The van der Waals surface area contributed by atoms with Gasteiger partial charge in [-0.15, -0.1) is 0 Å². The van der Waals surface area contributed by atoms with Crippen LogP contribution in [0.4, 0.5) is 0 Å². The lowest BCUT2D eigenvalue weighted by Gasteiger charge is -2.65. The van der Waals surface area contributed by atoms with Gasteiger partial charge in [-0.25, -0.2) is 0 Å². The first-order chi connectivity index (χ1) is 11.1. The monoisotopic (exact) mass is 336 g/mol. The van der Waals surface area contributed by atoms with Crippen molar-refractivity contribution in [1.82, 2.24) is 0 Å². The molecular weight excluding hydrogens is 300 g/mol. The lowest BCUT2D eigenvalue weighted by atomic mass is 9.39. The molecule has 2 rings (SSSR count). The minimum absolute atomic E-state index is 0.0668. The van der Waals surface area contributed by atoms with Crippen LogP contribution in [0.1, 0.15) is 79.6 Å². The Bertz CT molecular complexity index is 511. The summed E-state index contributed by atoms with van der Waals surface area (Å²) < 4.78 is 0. The first-order valence-electron chi connectivity index (χ1n) is 9.63. The molecule has 0 saturated heterocycles. The Kier molecular flexibility index (Phi) is 5.54. The minimum atomic E-state index is -0.691. The Morgan fingerprint density at radius 2 is 2.00 bits per heavy atom. The highest BCUT2D eigenvalue weighted by atomic mass is 16.4. The quantitative estimate of drug-likeness (QED) is 0.668. The van der Waals surface area contributed by atoms with Gasteiger partial charge in [-0.2, -0.15) is 0 Å². The fraction of sp³-hybridized carbons (Fsp3) is 0.857. The first kappa shape index (κ1) is 19.5. The van der Waals surface area contributed by atoms with Gasteiger partial charge in [0, 0.05) is 6.42 Å². The molecule has 0 amide bonds. The average Bonchev–Trinajstić information content (AvgIpc) is 2.51. The Morgan fingerprint density at radius 1 is 1.33 bits per heavy atom. The second-order valence-corrected chi connectivity index (χ2v) is 9.19. The van der Waals surface area contributed by atoms with Gasteiger partial charge in [0.25, 0.3) is 0 Å². The highest BCUT2D eigenvalue weighted by Gasteiger charge is 2.61. The summed E-state index contributed by atoms with van der Waals surface area (Å²) >= 11 is 0. The van der Waals surface area contributed by atoms with Gasteiger partial charge in [-0.3, -0.25) is 4.79 Å². The molecule has 1 saturated carbocycles. The van der Waals surface area contributed by atoms with Gasteiger partial charge < -0.3 is 10.2 Å².